The summed E-state index contributed by atoms with van der Waals surface area (Å²) in [5.74, 6) is 0. The van der Waals surface area contributed by atoms with Gasteiger partial charge in [0.2, 0.25) is 0 Å². The molecule has 4 atom stereocenters. The number of rotatable bonds is 3. The van der Waals surface area contributed by atoms with E-state index in [0.717, 1.165) is 0 Å². The molecule has 0 spiro atoms. The average molecular weight is 300 g/mol. The van der Waals surface area contributed by atoms with E-state index >= 15 is 0 Å². The van der Waals surface area contributed by atoms with Gasteiger partial charge in [-0.05, 0) is 6.92 Å². The Bertz CT molecular complexity index is 661. The summed E-state index contributed by atoms with van der Waals surface area (Å²) in [6, 6.07) is 0. The maximum absolute atomic E-state index is 14.3. The normalized spacial score (nSPS) is 32.9. The molecule has 3 rings (SSSR count). The van der Waals surface area contributed by atoms with Crippen molar-refractivity contribution in [1.29, 1.82) is 0 Å². The first kappa shape index (κ1) is 14.2. The first-order valence-corrected chi connectivity index (χ1v) is 6.36. The number of aliphatic hydroxyl groups is 2. The van der Waals surface area contributed by atoms with Gasteiger partial charge in [-0.15, -0.1) is 0 Å². The highest BCUT2D eigenvalue weighted by atomic mass is 19.1. The Morgan fingerprint density at radius 1 is 1.48 bits per heavy atom. The molecule has 114 valence electrons. The van der Waals surface area contributed by atoms with Gasteiger partial charge in [-0.2, -0.15) is 5.10 Å². The Morgan fingerprint density at radius 2 is 2.24 bits per heavy atom. The number of alkyl halides is 2. The van der Waals surface area contributed by atoms with Gasteiger partial charge in [-0.25, -0.2) is 23.3 Å². The van der Waals surface area contributed by atoms with Crippen LogP contribution in [-0.2, 0) is 4.74 Å². The zero-order valence-electron chi connectivity index (χ0n) is 11.1. The molecule has 0 aromatic carbocycles. The number of aromatic nitrogens is 4. The van der Waals surface area contributed by atoms with Gasteiger partial charge in [0.05, 0.1) is 24.2 Å². The van der Waals surface area contributed by atoms with Gasteiger partial charge in [0.25, 0.3) is 0 Å². The van der Waals surface area contributed by atoms with Crippen molar-refractivity contribution in [2.75, 3.05) is 13.3 Å². The molecular weight excluding hydrogens is 286 g/mol. The lowest BCUT2D eigenvalue weighted by Crippen LogP contribution is -2.47. The van der Waals surface area contributed by atoms with Crippen molar-refractivity contribution in [2.45, 2.75) is 30.9 Å². The zero-order valence-corrected chi connectivity index (χ0v) is 11.1. The molecule has 0 radical (unpaired) electrons. The van der Waals surface area contributed by atoms with Gasteiger partial charge in [-0.1, -0.05) is 0 Å². The molecule has 1 aliphatic heterocycles. The molecule has 1 saturated heterocycles. The Kier molecular flexibility index (Phi) is 3.34. The topological polar surface area (TPSA) is 92.8 Å². The molecule has 9 heteroatoms. The predicted molar refractivity (Wildman–Crippen MR) is 66.0 cm³/mol. The van der Waals surface area contributed by atoms with E-state index in [4.69, 9.17) is 4.74 Å². The summed E-state index contributed by atoms with van der Waals surface area (Å²) in [7, 11) is 0. The fourth-order valence-electron chi connectivity index (χ4n) is 2.49. The second kappa shape index (κ2) is 4.93. The maximum atomic E-state index is 14.3. The molecule has 2 N–H and O–H groups in total. The van der Waals surface area contributed by atoms with E-state index < -0.39 is 37.3 Å². The molecule has 1 aliphatic rings. The summed E-state index contributed by atoms with van der Waals surface area (Å²) in [6.45, 7) is -0.316. The number of aryl methyl sites for hydroxylation is 1. The van der Waals surface area contributed by atoms with Crippen LogP contribution in [0.1, 0.15) is 17.5 Å². The first-order chi connectivity index (χ1) is 10.0. The minimum atomic E-state index is -1.96. The van der Waals surface area contributed by atoms with Gasteiger partial charge in [0, 0.05) is 0 Å². The maximum Gasteiger partial charge on any atom is 0.175 e. The van der Waals surface area contributed by atoms with Gasteiger partial charge in [0.1, 0.15) is 30.8 Å². The second-order valence-electron chi connectivity index (χ2n) is 5.05. The van der Waals surface area contributed by atoms with E-state index in [0.29, 0.717) is 11.3 Å². The van der Waals surface area contributed by atoms with Crippen LogP contribution >= 0.6 is 0 Å². The molecule has 3 heterocycles. The number of hydrogen-bond donors (Lipinski definition) is 2. The fraction of sp³-hybridized carbons (Fsp3) is 0.583. The Balaban J connectivity index is 2.06. The van der Waals surface area contributed by atoms with Crippen molar-refractivity contribution < 1.29 is 23.7 Å². The van der Waals surface area contributed by atoms with Crippen LogP contribution in [-0.4, -0.2) is 61.0 Å². The van der Waals surface area contributed by atoms with E-state index in [1.165, 1.54) is 17.0 Å². The van der Waals surface area contributed by atoms with Gasteiger partial charge in [-0.3, -0.25) is 0 Å². The fourth-order valence-corrected chi connectivity index (χ4v) is 2.49. The zero-order chi connectivity index (χ0) is 15.2. The van der Waals surface area contributed by atoms with E-state index in [1.807, 2.05) is 0 Å². The van der Waals surface area contributed by atoms with Gasteiger partial charge >= 0.3 is 0 Å². The molecular formula is C12H14F2N4O3. The number of halogens is 2. The number of aliphatic hydroxyl groups excluding tert-OH is 2. The lowest BCUT2D eigenvalue weighted by Gasteiger charge is -2.25. The highest BCUT2D eigenvalue weighted by molar-refractivity contribution is 5.43. The monoisotopic (exact) mass is 300 g/mol. The van der Waals surface area contributed by atoms with Crippen molar-refractivity contribution in [3.63, 3.8) is 0 Å². The Hall–Kier alpha value is -1.71. The van der Waals surface area contributed by atoms with E-state index in [1.54, 1.807) is 6.92 Å². The Labute approximate surface area is 118 Å². The van der Waals surface area contributed by atoms with Crippen LogP contribution in [0.25, 0.3) is 5.65 Å². The summed E-state index contributed by atoms with van der Waals surface area (Å²) in [6.07, 6.45) is -2.32. The SMILES string of the molecule is Cc1ncnn2c([C@@H]3O[C@@](CO)(CF)[C@@H](O)[C@H]3F)cnc12. The number of fused-ring (bicyclic) bond motifs is 1. The predicted octanol–water partition coefficient (Wildman–Crippen LogP) is -0.0964. The molecule has 0 bridgehead atoms. The highest BCUT2D eigenvalue weighted by Gasteiger charge is 2.56. The lowest BCUT2D eigenvalue weighted by atomic mass is 9.97. The summed E-state index contributed by atoms with van der Waals surface area (Å²) in [5.41, 5.74) is -0.731. The van der Waals surface area contributed by atoms with Crippen molar-refractivity contribution in [3.05, 3.63) is 23.9 Å². The molecule has 2 aromatic heterocycles. The van der Waals surface area contributed by atoms with Gasteiger partial charge in [0.15, 0.2) is 11.8 Å². The van der Waals surface area contributed by atoms with Gasteiger partial charge < -0.3 is 14.9 Å². The average Bonchev–Trinajstić information content (AvgIpc) is 3.02. The second-order valence-corrected chi connectivity index (χ2v) is 5.05. The van der Waals surface area contributed by atoms with E-state index in [2.05, 4.69) is 15.1 Å². The Morgan fingerprint density at radius 3 is 2.86 bits per heavy atom. The number of nitrogens with zero attached hydrogens (tertiary/aromatic N) is 4. The first-order valence-electron chi connectivity index (χ1n) is 6.36. The molecule has 1 fully saturated rings. The van der Waals surface area contributed by atoms with Crippen molar-refractivity contribution >= 4 is 5.65 Å². The molecule has 0 aliphatic carbocycles. The quantitative estimate of drug-likeness (QED) is 0.822. The minimum absolute atomic E-state index is 0.228. The third kappa shape index (κ3) is 1.92. The minimum Gasteiger partial charge on any atom is -0.393 e. The molecule has 0 unspecified atom stereocenters. The summed E-state index contributed by atoms with van der Waals surface area (Å²) in [5, 5.41) is 23.0. The van der Waals surface area contributed by atoms with Crippen LogP contribution in [0.15, 0.2) is 12.5 Å². The van der Waals surface area contributed by atoms with Crippen LogP contribution in [0, 0.1) is 6.92 Å². The standard InChI is InChI=1S/C12H14F2N4O3/c1-6-11-15-2-7(18(11)17-5-16-6)9-8(14)10(20)12(3-13,4-19)21-9/h2,5,8-10,19-20H,3-4H2,1H3/t8-,9-,10-,12+/m0/s1. The smallest absolute Gasteiger partial charge is 0.175 e. The van der Waals surface area contributed by atoms with Crippen LogP contribution < -0.4 is 0 Å². The third-order valence-electron chi connectivity index (χ3n) is 3.78. The molecule has 0 saturated carbocycles. The largest absolute Gasteiger partial charge is 0.393 e. The molecule has 0 amide bonds. The number of ether oxygens (including phenoxy) is 1. The van der Waals surface area contributed by atoms with E-state index in [-0.39, 0.29) is 5.69 Å². The van der Waals surface area contributed by atoms with Crippen molar-refractivity contribution in [3.8, 4) is 0 Å². The summed E-state index contributed by atoms with van der Waals surface area (Å²) < 4.78 is 34.0. The molecule has 21 heavy (non-hydrogen) atoms. The van der Waals surface area contributed by atoms with Crippen LogP contribution in [0.2, 0.25) is 0 Å². The summed E-state index contributed by atoms with van der Waals surface area (Å²) >= 11 is 0. The molecule has 7 nitrogen and oxygen atoms in total. The third-order valence-corrected chi connectivity index (χ3v) is 3.78. The van der Waals surface area contributed by atoms with Crippen LogP contribution in [0.3, 0.4) is 0 Å². The van der Waals surface area contributed by atoms with E-state index in [9.17, 15) is 19.0 Å². The van der Waals surface area contributed by atoms with Crippen LogP contribution in [0.5, 0.6) is 0 Å². The molecule has 2 aromatic rings. The number of imidazole rings is 1. The van der Waals surface area contributed by atoms with Crippen LogP contribution in [0.4, 0.5) is 8.78 Å². The summed E-state index contributed by atoms with van der Waals surface area (Å²) in [4.78, 5) is 8.04. The van der Waals surface area contributed by atoms with Crippen molar-refractivity contribution in [2.24, 2.45) is 0 Å². The highest BCUT2D eigenvalue weighted by Crippen LogP contribution is 2.42. The van der Waals surface area contributed by atoms with Crippen molar-refractivity contribution in [1.82, 2.24) is 19.6 Å². The number of hydrogen-bond acceptors (Lipinski definition) is 6. The lowest BCUT2D eigenvalue weighted by molar-refractivity contribution is -0.123.